The van der Waals surface area contributed by atoms with Crippen LogP contribution in [-0.4, -0.2) is 0 Å². The standard InChI is InChI=1S/C15H20/c1-11(2)10-13-14(15(13,3)4)12-8-6-5-7-9-12/h5-10,13-14H,1-4H3/t13-,14+/m0/s1. The van der Waals surface area contributed by atoms with Crippen LogP contribution in [0.25, 0.3) is 0 Å². The summed E-state index contributed by atoms with van der Waals surface area (Å²) < 4.78 is 0. The average molecular weight is 200 g/mol. The van der Waals surface area contributed by atoms with E-state index in [1.54, 1.807) is 0 Å². The van der Waals surface area contributed by atoms with Crippen LogP contribution < -0.4 is 0 Å². The first-order valence-electron chi connectivity index (χ1n) is 5.73. The van der Waals surface area contributed by atoms with E-state index < -0.39 is 0 Å². The molecule has 0 heteroatoms. The third kappa shape index (κ3) is 1.86. The van der Waals surface area contributed by atoms with Gasteiger partial charge in [-0.1, -0.05) is 55.8 Å². The van der Waals surface area contributed by atoms with Gasteiger partial charge in [0, 0.05) is 0 Å². The first-order valence-corrected chi connectivity index (χ1v) is 5.73. The van der Waals surface area contributed by atoms with E-state index in [-0.39, 0.29) is 0 Å². The molecule has 0 radical (unpaired) electrons. The van der Waals surface area contributed by atoms with E-state index in [0.29, 0.717) is 11.3 Å². The molecule has 2 atom stereocenters. The van der Waals surface area contributed by atoms with Gasteiger partial charge < -0.3 is 0 Å². The minimum Gasteiger partial charge on any atom is -0.0816 e. The molecule has 1 aliphatic carbocycles. The van der Waals surface area contributed by atoms with Gasteiger partial charge in [0.25, 0.3) is 0 Å². The monoisotopic (exact) mass is 200 g/mol. The Hall–Kier alpha value is -1.04. The summed E-state index contributed by atoms with van der Waals surface area (Å²) >= 11 is 0. The molecule has 0 amide bonds. The van der Waals surface area contributed by atoms with E-state index in [0.717, 1.165) is 5.92 Å². The van der Waals surface area contributed by atoms with Gasteiger partial charge in [-0.05, 0) is 36.7 Å². The van der Waals surface area contributed by atoms with Gasteiger partial charge in [-0.2, -0.15) is 0 Å². The zero-order chi connectivity index (χ0) is 11.1. The maximum absolute atomic E-state index is 2.43. The topological polar surface area (TPSA) is 0 Å². The Morgan fingerprint density at radius 2 is 1.73 bits per heavy atom. The minimum atomic E-state index is 0.443. The molecule has 1 aromatic rings. The molecule has 15 heavy (non-hydrogen) atoms. The van der Waals surface area contributed by atoms with Crippen molar-refractivity contribution >= 4 is 0 Å². The van der Waals surface area contributed by atoms with Crippen LogP contribution in [0.4, 0.5) is 0 Å². The fraction of sp³-hybridized carbons (Fsp3) is 0.467. The van der Waals surface area contributed by atoms with Crippen LogP contribution in [0.15, 0.2) is 42.0 Å². The van der Waals surface area contributed by atoms with Gasteiger partial charge in [-0.15, -0.1) is 0 Å². The van der Waals surface area contributed by atoms with Gasteiger partial charge in [-0.25, -0.2) is 0 Å². The lowest BCUT2D eigenvalue weighted by Crippen LogP contribution is -1.89. The van der Waals surface area contributed by atoms with E-state index in [1.165, 1.54) is 11.1 Å². The van der Waals surface area contributed by atoms with E-state index in [4.69, 9.17) is 0 Å². The van der Waals surface area contributed by atoms with Crippen molar-refractivity contribution in [3.05, 3.63) is 47.5 Å². The molecule has 1 aromatic carbocycles. The zero-order valence-electron chi connectivity index (χ0n) is 10.1. The third-order valence-electron chi connectivity index (χ3n) is 3.58. The molecule has 0 bridgehead atoms. The minimum absolute atomic E-state index is 0.443. The smallest absolute Gasteiger partial charge is 0.00364 e. The predicted octanol–water partition coefficient (Wildman–Crippen LogP) is 4.39. The Balaban J connectivity index is 2.24. The van der Waals surface area contributed by atoms with Gasteiger partial charge in [0.1, 0.15) is 0 Å². The van der Waals surface area contributed by atoms with Crippen molar-refractivity contribution in [3.63, 3.8) is 0 Å². The van der Waals surface area contributed by atoms with Crippen molar-refractivity contribution in [1.29, 1.82) is 0 Å². The van der Waals surface area contributed by atoms with Crippen LogP contribution in [0, 0.1) is 11.3 Å². The summed E-state index contributed by atoms with van der Waals surface area (Å²) in [6.45, 7) is 9.12. The van der Waals surface area contributed by atoms with Crippen molar-refractivity contribution in [2.75, 3.05) is 0 Å². The largest absolute Gasteiger partial charge is 0.0816 e. The molecule has 0 unspecified atom stereocenters. The average Bonchev–Trinajstić information content (AvgIpc) is 2.68. The summed E-state index contributed by atoms with van der Waals surface area (Å²) in [4.78, 5) is 0. The van der Waals surface area contributed by atoms with Gasteiger partial charge >= 0.3 is 0 Å². The van der Waals surface area contributed by atoms with Gasteiger partial charge in [0.2, 0.25) is 0 Å². The number of benzene rings is 1. The molecule has 1 saturated carbocycles. The Morgan fingerprint density at radius 1 is 1.13 bits per heavy atom. The number of hydrogen-bond acceptors (Lipinski definition) is 0. The molecule has 0 spiro atoms. The summed E-state index contributed by atoms with van der Waals surface area (Å²) in [6, 6.07) is 10.9. The Labute approximate surface area is 93.0 Å². The maximum atomic E-state index is 2.43. The highest BCUT2D eigenvalue weighted by molar-refractivity contribution is 5.35. The molecule has 0 N–H and O–H groups in total. The number of allylic oxidation sites excluding steroid dienone is 2. The lowest BCUT2D eigenvalue weighted by atomic mass is 10.0. The van der Waals surface area contributed by atoms with E-state index in [9.17, 15) is 0 Å². The van der Waals surface area contributed by atoms with Crippen LogP contribution in [0.5, 0.6) is 0 Å². The van der Waals surface area contributed by atoms with Gasteiger partial charge in [0.05, 0.1) is 0 Å². The molecule has 1 aliphatic rings. The molecule has 0 aliphatic heterocycles. The van der Waals surface area contributed by atoms with Crippen molar-refractivity contribution in [2.24, 2.45) is 11.3 Å². The lowest BCUT2D eigenvalue weighted by molar-refractivity contribution is 0.592. The molecule has 0 aromatic heterocycles. The summed E-state index contributed by atoms with van der Waals surface area (Å²) in [6.07, 6.45) is 2.43. The van der Waals surface area contributed by atoms with Crippen LogP contribution in [0.2, 0.25) is 0 Å². The molecule has 80 valence electrons. The summed E-state index contributed by atoms with van der Waals surface area (Å²) in [5.74, 6) is 1.44. The highest BCUT2D eigenvalue weighted by atomic mass is 14.6. The molecule has 0 nitrogen and oxygen atoms in total. The second-order valence-corrected chi connectivity index (χ2v) is 5.48. The molecule has 0 saturated heterocycles. The second kappa shape index (κ2) is 3.52. The molecular weight excluding hydrogens is 180 g/mol. The molecule has 0 heterocycles. The highest BCUT2D eigenvalue weighted by Crippen LogP contribution is 2.65. The van der Waals surface area contributed by atoms with Crippen molar-refractivity contribution in [3.8, 4) is 0 Å². The van der Waals surface area contributed by atoms with Crippen LogP contribution in [0.3, 0.4) is 0 Å². The van der Waals surface area contributed by atoms with E-state index >= 15 is 0 Å². The van der Waals surface area contributed by atoms with E-state index in [1.807, 2.05) is 0 Å². The van der Waals surface area contributed by atoms with Crippen LogP contribution in [-0.2, 0) is 0 Å². The number of rotatable bonds is 2. The third-order valence-corrected chi connectivity index (χ3v) is 3.58. The number of hydrogen-bond donors (Lipinski definition) is 0. The van der Waals surface area contributed by atoms with Crippen LogP contribution in [0.1, 0.15) is 39.2 Å². The quantitative estimate of drug-likeness (QED) is 0.621. The zero-order valence-corrected chi connectivity index (χ0v) is 10.1. The van der Waals surface area contributed by atoms with Gasteiger partial charge in [-0.3, -0.25) is 0 Å². The van der Waals surface area contributed by atoms with Crippen molar-refractivity contribution in [2.45, 2.75) is 33.6 Å². The van der Waals surface area contributed by atoms with E-state index in [2.05, 4.69) is 64.1 Å². The Kier molecular flexibility index (Phi) is 2.46. The molecule has 1 fully saturated rings. The van der Waals surface area contributed by atoms with Crippen molar-refractivity contribution in [1.82, 2.24) is 0 Å². The predicted molar refractivity (Wildman–Crippen MR) is 65.9 cm³/mol. The lowest BCUT2D eigenvalue weighted by Gasteiger charge is -2.01. The fourth-order valence-corrected chi connectivity index (χ4v) is 2.64. The molecular formula is C15H20. The van der Waals surface area contributed by atoms with Crippen LogP contribution >= 0.6 is 0 Å². The van der Waals surface area contributed by atoms with Gasteiger partial charge in [0.15, 0.2) is 0 Å². The Bertz CT molecular complexity index is 366. The SMILES string of the molecule is CC(C)=C[C@H]1[C@@H](c2ccccc2)C1(C)C. The summed E-state index contributed by atoms with van der Waals surface area (Å²) in [5, 5.41) is 0. The van der Waals surface area contributed by atoms with Crippen molar-refractivity contribution < 1.29 is 0 Å². The molecule has 2 rings (SSSR count). The summed E-state index contributed by atoms with van der Waals surface area (Å²) in [7, 11) is 0. The maximum Gasteiger partial charge on any atom is -0.00364 e. The first-order chi connectivity index (χ1) is 7.03. The highest BCUT2D eigenvalue weighted by Gasteiger charge is 2.56. The Morgan fingerprint density at radius 3 is 2.27 bits per heavy atom. The fourth-order valence-electron chi connectivity index (χ4n) is 2.64. The summed E-state index contributed by atoms with van der Waals surface area (Å²) in [5.41, 5.74) is 3.37. The second-order valence-electron chi connectivity index (χ2n) is 5.48. The first kappa shape index (κ1) is 10.5. The normalized spacial score (nSPS) is 27.2.